The van der Waals surface area contributed by atoms with Gasteiger partial charge in [-0.05, 0) is 5.92 Å². The van der Waals surface area contributed by atoms with Crippen LogP contribution < -0.4 is 0 Å². The van der Waals surface area contributed by atoms with E-state index in [0.29, 0.717) is 0 Å². The van der Waals surface area contributed by atoms with Crippen LogP contribution in [-0.2, 0) is 0 Å². The van der Waals surface area contributed by atoms with Gasteiger partial charge in [0.25, 0.3) is 0 Å². The van der Waals surface area contributed by atoms with Crippen LogP contribution in [0.3, 0.4) is 0 Å². The van der Waals surface area contributed by atoms with Crippen LogP contribution in [0.15, 0.2) is 0 Å². The van der Waals surface area contributed by atoms with E-state index in [0.717, 1.165) is 28.2 Å². The van der Waals surface area contributed by atoms with E-state index in [1.54, 1.807) is 85.2 Å². The van der Waals surface area contributed by atoms with Gasteiger partial charge in [0.05, 0.1) is 0 Å². The van der Waals surface area contributed by atoms with E-state index in [9.17, 15) is 0 Å². The zero-order valence-corrected chi connectivity index (χ0v) is 12.9. The third-order valence-electron chi connectivity index (χ3n) is 7.72. The molecule has 4 fully saturated rings. The Labute approximate surface area is 121 Å². The fraction of sp³-hybridized carbons (Fsp3) is 1.00. The van der Waals surface area contributed by atoms with Gasteiger partial charge in [-0.3, -0.25) is 0 Å². The van der Waals surface area contributed by atoms with Gasteiger partial charge in [-0.25, -0.2) is 0 Å². The summed E-state index contributed by atoms with van der Waals surface area (Å²) in [4.78, 5) is 0. The van der Waals surface area contributed by atoms with Crippen LogP contribution in [0.4, 0.5) is 0 Å². The van der Waals surface area contributed by atoms with Crippen LogP contribution in [0.1, 0.15) is 77.6 Å². The van der Waals surface area contributed by atoms with Crippen molar-refractivity contribution in [3.63, 3.8) is 0 Å². The molecule has 0 saturated carbocycles. The van der Waals surface area contributed by atoms with E-state index >= 15 is 0 Å². The largest absolute Gasteiger partial charge is 0.131 e. The molecular weight excluding hydrogens is 226 g/mol. The summed E-state index contributed by atoms with van der Waals surface area (Å²) in [5.41, 5.74) is 0. The minimum absolute atomic E-state index is 0.829. The molecule has 4 heterocycles. The predicted octanol–water partition coefficient (Wildman–Crippen LogP) is 4.74. The van der Waals surface area contributed by atoms with Crippen molar-refractivity contribution in [2.45, 2.75) is 99.8 Å². The molecule has 0 aromatic carbocycles. The second kappa shape index (κ2) is 4.57. The Balaban J connectivity index is 1.29. The second-order valence-corrected chi connectivity index (χ2v) is 9.14. The first-order valence-corrected chi connectivity index (χ1v) is 9.17. The van der Waals surface area contributed by atoms with Crippen molar-refractivity contribution >= 4 is 14.6 Å². The van der Waals surface area contributed by atoms with Gasteiger partial charge in [0.2, 0.25) is 0 Å². The molecule has 4 aliphatic rings. The number of hydrogen-bond donors (Lipinski definition) is 0. The van der Waals surface area contributed by atoms with Gasteiger partial charge in [-0.2, -0.15) is 0 Å². The molecule has 1 unspecified atom stereocenters. The lowest BCUT2D eigenvalue weighted by Gasteiger charge is -2.32. The lowest BCUT2D eigenvalue weighted by atomic mass is 9.51. The summed E-state index contributed by atoms with van der Waals surface area (Å²) in [7, 11) is 3.21. The van der Waals surface area contributed by atoms with E-state index in [1.165, 1.54) is 0 Å². The van der Waals surface area contributed by atoms with Gasteiger partial charge < -0.3 is 0 Å². The molecule has 0 spiro atoms. The number of rotatable bonds is 5. The summed E-state index contributed by atoms with van der Waals surface area (Å²) in [6, 6.07) is 0. The van der Waals surface area contributed by atoms with Gasteiger partial charge in [0.15, 0.2) is 0 Å². The topological polar surface area (TPSA) is 0 Å². The average molecular weight is 256 g/mol. The van der Waals surface area contributed by atoms with Crippen molar-refractivity contribution in [1.29, 1.82) is 0 Å². The maximum absolute atomic E-state index is 2.57. The molecule has 0 aromatic rings. The van der Waals surface area contributed by atoms with E-state index in [2.05, 4.69) is 6.92 Å². The SMILES string of the molecule is CC(CCC12BC(CC1)CC2)CC12BC(CC1)CC2. The molecule has 0 amide bonds. The normalized spacial score (nSPS) is 48.3. The standard InChI is InChI=1S/C17H30B2/c1-13(12-17-10-5-15(19-17)6-11-17)2-7-16-8-3-14(18-16)4-9-16/h13-15,18-19H,2-12H2,1H3. The van der Waals surface area contributed by atoms with Gasteiger partial charge in [-0.15, -0.1) is 0 Å². The Morgan fingerprint density at radius 3 is 1.89 bits per heavy atom. The second-order valence-electron chi connectivity index (χ2n) is 9.14. The van der Waals surface area contributed by atoms with E-state index in [-0.39, 0.29) is 0 Å². The minimum atomic E-state index is 0.829. The molecule has 0 radical (unpaired) electrons. The van der Waals surface area contributed by atoms with Crippen molar-refractivity contribution in [2.75, 3.05) is 0 Å². The van der Waals surface area contributed by atoms with Gasteiger partial charge in [0.1, 0.15) is 14.6 Å². The first-order valence-electron chi connectivity index (χ1n) is 9.17. The number of fused-ring (bicyclic) bond motifs is 4. The van der Waals surface area contributed by atoms with Crippen LogP contribution in [0.2, 0.25) is 22.3 Å². The lowest BCUT2D eigenvalue weighted by molar-refractivity contribution is 0.313. The van der Waals surface area contributed by atoms with Crippen LogP contribution >= 0.6 is 0 Å². The highest BCUT2D eigenvalue weighted by molar-refractivity contribution is 6.44. The quantitative estimate of drug-likeness (QED) is 0.623. The summed E-state index contributed by atoms with van der Waals surface area (Å²) in [5, 5.41) is 1.67. The van der Waals surface area contributed by atoms with Crippen molar-refractivity contribution in [2.24, 2.45) is 5.92 Å². The zero-order chi connectivity index (χ0) is 12.9. The van der Waals surface area contributed by atoms with E-state index in [4.69, 9.17) is 0 Å². The van der Waals surface area contributed by atoms with E-state index < -0.39 is 0 Å². The Morgan fingerprint density at radius 2 is 1.42 bits per heavy atom. The van der Waals surface area contributed by atoms with Crippen molar-refractivity contribution in [1.82, 2.24) is 0 Å². The third kappa shape index (κ3) is 2.32. The maximum atomic E-state index is 2.57. The molecule has 1 atom stereocenters. The molecule has 2 heteroatoms. The van der Waals surface area contributed by atoms with Crippen molar-refractivity contribution in [3.8, 4) is 0 Å². The van der Waals surface area contributed by atoms with Gasteiger partial charge in [0, 0.05) is 0 Å². The van der Waals surface area contributed by atoms with Crippen LogP contribution in [0.5, 0.6) is 0 Å². The zero-order valence-electron chi connectivity index (χ0n) is 12.9. The Bertz CT molecular complexity index is 335. The van der Waals surface area contributed by atoms with Crippen LogP contribution in [-0.4, -0.2) is 14.6 Å². The first-order chi connectivity index (χ1) is 9.17. The third-order valence-corrected chi connectivity index (χ3v) is 7.72. The fourth-order valence-corrected chi connectivity index (χ4v) is 6.65. The molecular formula is C17H30B2. The van der Waals surface area contributed by atoms with Crippen molar-refractivity contribution < 1.29 is 0 Å². The molecule has 0 N–H and O–H groups in total. The molecule has 0 aliphatic carbocycles. The summed E-state index contributed by atoms with van der Waals surface area (Å²) >= 11 is 0. The molecule has 19 heavy (non-hydrogen) atoms. The van der Waals surface area contributed by atoms with Gasteiger partial charge >= 0.3 is 0 Å². The smallest absolute Gasteiger partial charge is 0.0651 e. The molecule has 4 rings (SSSR count). The Morgan fingerprint density at radius 1 is 0.895 bits per heavy atom. The highest BCUT2D eigenvalue weighted by Crippen LogP contribution is 2.62. The molecule has 0 aromatic heterocycles. The summed E-state index contributed by atoms with van der Waals surface area (Å²) in [5.74, 6) is 3.28. The molecule has 104 valence electrons. The molecule has 4 bridgehead atoms. The van der Waals surface area contributed by atoms with Crippen LogP contribution in [0.25, 0.3) is 0 Å². The Kier molecular flexibility index (Phi) is 3.09. The van der Waals surface area contributed by atoms with Crippen LogP contribution in [0, 0.1) is 5.92 Å². The summed E-state index contributed by atoms with van der Waals surface area (Å²) in [6.45, 7) is 2.57. The van der Waals surface area contributed by atoms with Gasteiger partial charge in [-0.1, -0.05) is 99.8 Å². The van der Waals surface area contributed by atoms with Crippen molar-refractivity contribution in [3.05, 3.63) is 0 Å². The monoisotopic (exact) mass is 256 g/mol. The highest BCUT2D eigenvalue weighted by atomic mass is 14.4. The first kappa shape index (κ1) is 12.8. The minimum Gasteiger partial charge on any atom is -0.0651 e. The molecule has 0 nitrogen and oxygen atoms in total. The Hall–Kier alpha value is 0.130. The maximum Gasteiger partial charge on any atom is 0.131 e. The summed E-state index contributed by atoms with van der Waals surface area (Å²) < 4.78 is 0. The molecule has 4 saturated heterocycles. The average Bonchev–Trinajstić information content (AvgIpc) is 3.16. The summed E-state index contributed by atoms with van der Waals surface area (Å²) in [6.07, 6.45) is 17.3. The van der Waals surface area contributed by atoms with E-state index in [1.807, 2.05) is 0 Å². The highest BCUT2D eigenvalue weighted by Gasteiger charge is 2.47. The predicted molar refractivity (Wildman–Crippen MR) is 87.1 cm³/mol. The fourth-order valence-electron chi connectivity index (χ4n) is 6.65. The molecule has 4 aliphatic heterocycles. The number of hydrogen-bond acceptors (Lipinski definition) is 0. The lowest BCUT2D eigenvalue weighted by Crippen LogP contribution is -2.17.